The number of halogens is 2. The first-order valence-corrected chi connectivity index (χ1v) is 6.33. The van der Waals surface area contributed by atoms with Gasteiger partial charge in [-0.05, 0) is 40.8 Å². The summed E-state index contributed by atoms with van der Waals surface area (Å²) in [5.74, 6) is -0.436. The molecule has 0 unspecified atom stereocenters. The van der Waals surface area contributed by atoms with E-state index in [0.29, 0.717) is 10.7 Å². The van der Waals surface area contributed by atoms with Crippen molar-refractivity contribution in [1.29, 1.82) is 0 Å². The zero-order valence-corrected chi connectivity index (χ0v) is 11.8. The highest BCUT2D eigenvalue weighted by molar-refractivity contribution is 14.1. The van der Waals surface area contributed by atoms with Crippen LogP contribution < -0.4 is 10.9 Å². The number of nitrogens with zero attached hydrogens (tertiary/aromatic N) is 1. The average molecular weight is 376 g/mol. The Labute approximate surface area is 121 Å². The first-order chi connectivity index (χ1) is 8.56. The maximum atomic E-state index is 11.8. The minimum absolute atomic E-state index is 0.115. The van der Waals surface area contributed by atoms with Crippen LogP contribution in [0, 0.1) is 3.57 Å². The van der Waals surface area contributed by atoms with Crippen LogP contribution in [-0.4, -0.2) is 15.9 Å². The molecule has 0 atom stereocenters. The molecule has 0 saturated carbocycles. The standard InChI is InChI=1S/C11H7ClIN3O2/c12-7-3-6(13)1-2-8(7)16-11(18)9-4-15-10(17)5-14-9/h1-5H,(H,15,17)(H,16,18). The topological polar surface area (TPSA) is 74.8 Å². The van der Waals surface area contributed by atoms with Crippen LogP contribution in [0.25, 0.3) is 0 Å². The van der Waals surface area contributed by atoms with Crippen LogP contribution in [0.4, 0.5) is 5.69 Å². The van der Waals surface area contributed by atoms with E-state index in [1.165, 1.54) is 6.20 Å². The van der Waals surface area contributed by atoms with Gasteiger partial charge in [-0.15, -0.1) is 0 Å². The lowest BCUT2D eigenvalue weighted by Gasteiger charge is -2.06. The van der Waals surface area contributed by atoms with Crippen molar-refractivity contribution in [2.45, 2.75) is 0 Å². The summed E-state index contributed by atoms with van der Waals surface area (Å²) in [5.41, 5.74) is 0.248. The molecule has 0 saturated heterocycles. The van der Waals surface area contributed by atoms with Gasteiger partial charge in [-0.2, -0.15) is 0 Å². The first-order valence-electron chi connectivity index (χ1n) is 4.87. The molecule has 0 aliphatic rings. The van der Waals surface area contributed by atoms with Gasteiger partial charge in [0.25, 0.3) is 11.5 Å². The molecule has 92 valence electrons. The highest BCUT2D eigenvalue weighted by Crippen LogP contribution is 2.24. The number of anilines is 1. The molecule has 0 aliphatic heterocycles. The second kappa shape index (κ2) is 5.49. The van der Waals surface area contributed by atoms with Crippen molar-refractivity contribution in [3.63, 3.8) is 0 Å². The molecule has 0 aliphatic carbocycles. The number of aromatic nitrogens is 2. The highest BCUT2D eigenvalue weighted by atomic mass is 127. The number of hydrogen-bond acceptors (Lipinski definition) is 3. The summed E-state index contributed by atoms with van der Waals surface area (Å²) in [6.07, 6.45) is 2.29. The third-order valence-corrected chi connectivity index (χ3v) is 3.07. The van der Waals surface area contributed by atoms with E-state index < -0.39 is 5.91 Å². The fraction of sp³-hybridized carbons (Fsp3) is 0. The number of hydrogen-bond donors (Lipinski definition) is 2. The van der Waals surface area contributed by atoms with E-state index in [1.807, 2.05) is 6.07 Å². The molecular weight excluding hydrogens is 368 g/mol. The Morgan fingerprint density at radius 2 is 2.22 bits per heavy atom. The Morgan fingerprint density at radius 1 is 1.44 bits per heavy atom. The summed E-state index contributed by atoms with van der Waals surface area (Å²) in [6, 6.07) is 5.26. The fourth-order valence-corrected chi connectivity index (χ4v) is 2.15. The van der Waals surface area contributed by atoms with Gasteiger partial charge in [0.15, 0.2) is 0 Å². The van der Waals surface area contributed by atoms with E-state index in [9.17, 15) is 9.59 Å². The van der Waals surface area contributed by atoms with Gasteiger partial charge in [-0.3, -0.25) is 9.59 Å². The van der Waals surface area contributed by atoms with Crippen LogP contribution in [0.3, 0.4) is 0 Å². The number of H-pyrrole nitrogens is 1. The predicted molar refractivity (Wildman–Crippen MR) is 77.0 cm³/mol. The van der Waals surface area contributed by atoms with Crippen molar-refractivity contribution in [1.82, 2.24) is 9.97 Å². The summed E-state index contributed by atoms with van der Waals surface area (Å²) in [5, 5.41) is 3.06. The van der Waals surface area contributed by atoms with Crippen LogP contribution in [0.5, 0.6) is 0 Å². The zero-order valence-electron chi connectivity index (χ0n) is 8.91. The van der Waals surface area contributed by atoms with Crippen LogP contribution in [0.1, 0.15) is 10.5 Å². The molecule has 0 radical (unpaired) electrons. The second-order valence-electron chi connectivity index (χ2n) is 3.37. The van der Waals surface area contributed by atoms with Crippen molar-refractivity contribution in [3.8, 4) is 0 Å². The number of carbonyl (C=O) groups is 1. The van der Waals surface area contributed by atoms with Gasteiger partial charge in [0, 0.05) is 9.77 Å². The molecule has 2 N–H and O–H groups in total. The number of aromatic amines is 1. The summed E-state index contributed by atoms with van der Waals surface area (Å²) in [6.45, 7) is 0. The molecule has 0 spiro atoms. The fourth-order valence-electron chi connectivity index (χ4n) is 1.24. The molecule has 1 aromatic carbocycles. The molecule has 5 nitrogen and oxygen atoms in total. The third kappa shape index (κ3) is 3.08. The SMILES string of the molecule is O=C(Nc1ccc(I)cc1Cl)c1c[nH]c(=O)cn1. The summed E-state index contributed by atoms with van der Waals surface area (Å²) in [4.78, 5) is 28.7. The van der Waals surface area contributed by atoms with Crippen molar-refractivity contribution in [3.05, 3.63) is 55.2 Å². The molecule has 1 heterocycles. The maximum Gasteiger partial charge on any atom is 0.275 e. The molecule has 1 aromatic heterocycles. The van der Waals surface area contributed by atoms with Gasteiger partial charge in [0.2, 0.25) is 0 Å². The third-order valence-electron chi connectivity index (χ3n) is 2.08. The predicted octanol–water partition coefficient (Wildman–Crippen LogP) is 2.28. The highest BCUT2D eigenvalue weighted by Gasteiger charge is 2.09. The molecule has 2 aromatic rings. The largest absolute Gasteiger partial charge is 0.325 e. The Morgan fingerprint density at radius 3 is 2.83 bits per heavy atom. The number of amides is 1. The van der Waals surface area contributed by atoms with Crippen LogP contribution in [0.2, 0.25) is 5.02 Å². The lowest BCUT2D eigenvalue weighted by atomic mass is 10.3. The molecule has 7 heteroatoms. The summed E-state index contributed by atoms with van der Waals surface area (Å²) < 4.78 is 0.970. The molecule has 18 heavy (non-hydrogen) atoms. The van der Waals surface area contributed by atoms with Crippen molar-refractivity contribution in [2.75, 3.05) is 5.32 Å². The number of nitrogens with one attached hydrogen (secondary N) is 2. The smallest absolute Gasteiger partial charge is 0.275 e. The van der Waals surface area contributed by atoms with Crippen molar-refractivity contribution in [2.24, 2.45) is 0 Å². The maximum absolute atomic E-state index is 11.8. The molecule has 0 fully saturated rings. The Kier molecular flexibility index (Phi) is 3.97. The number of carbonyl (C=O) groups excluding carboxylic acids is 1. The van der Waals surface area contributed by atoms with Crippen LogP contribution in [0.15, 0.2) is 35.4 Å². The Balaban J connectivity index is 2.21. The van der Waals surface area contributed by atoms with Gasteiger partial charge in [-0.1, -0.05) is 11.6 Å². The van der Waals surface area contributed by atoms with E-state index in [2.05, 4.69) is 37.9 Å². The average Bonchev–Trinajstić information content (AvgIpc) is 2.33. The zero-order chi connectivity index (χ0) is 13.1. The minimum atomic E-state index is -0.436. The van der Waals surface area contributed by atoms with Crippen molar-refractivity contribution < 1.29 is 4.79 Å². The Hall–Kier alpha value is -1.41. The Bertz CT molecular complexity index is 636. The van der Waals surface area contributed by atoms with Crippen LogP contribution >= 0.6 is 34.2 Å². The van der Waals surface area contributed by atoms with Gasteiger partial charge in [0.1, 0.15) is 5.69 Å². The van der Waals surface area contributed by atoms with Gasteiger partial charge in [-0.25, -0.2) is 4.98 Å². The molecule has 0 bridgehead atoms. The second-order valence-corrected chi connectivity index (χ2v) is 5.03. The lowest BCUT2D eigenvalue weighted by molar-refractivity contribution is 0.102. The summed E-state index contributed by atoms with van der Waals surface area (Å²) >= 11 is 8.11. The quantitative estimate of drug-likeness (QED) is 0.791. The minimum Gasteiger partial charge on any atom is -0.325 e. The number of rotatable bonds is 2. The number of benzene rings is 1. The molecule has 2 rings (SSSR count). The summed E-state index contributed by atoms with van der Waals surface area (Å²) in [7, 11) is 0. The normalized spacial score (nSPS) is 10.1. The van der Waals surface area contributed by atoms with Gasteiger partial charge < -0.3 is 10.3 Å². The van der Waals surface area contributed by atoms with E-state index in [-0.39, 0.29) is 11.3 Å². The van der Waals surface area contributed by atoms with E-state index in [0.717, 1.165) is 9.77 Å². The van der Waals surface area contributed by atoms with E-state index in [4.69, 9.17) is 11.6 Å². The molecular formula is C11H7ClIN3O2. The van der Waals surface area contributed by atoms with Crippen molar-refractivity contribution >= 4 is 45.8 Å². The van der Waals surface area contributed by atoms with Gasteiger partial charge >= 0.3 is 0 Å². The van der Waals surface area contributed by atoms with Gasteiger partial charge in [0.05, 0.1) is 16.9 Å². The first kappa shape index (κ1) is 13.0. The van der Waals surface area contributed by atoms with E-state index in [1.54, 1.807) is 12.1 Å². The molecule has 1 amide bonds. The lowest BCUT2D eigenvalue weighted by Crippen LogP contribution is -2.17. The van der Waals surface area contributed by atoms with E-state index >= 15 is 0 Å². The monoisotopic (exact) mass is 375 g/mol. The van der Waals surface area contributed by atoms with Crippen LogP contribution in [-0.2, 0) is 0 Å².